The zero-order chi connectivity index (χ0) is 12.1. The van der Waals surface area contributed by atoms with Gasteiger partial charge in [0.25, 0.3) is 0 Å². The molecule has 2 rings (SSSR count). The number of hydrogen-bond acceptors (Lipinski definition) is 0. The van der Waals surface area contributed by atoms with Crippen LogP contribution in [0, 0.1) is 16.7 Å². The van der Waals surface area contributed by atoms with E-state index in [4.69, 9.17) is 0 Å². The van der Waals surface area contributed by atoms with Gasteiger partial charge in [0.15, 0.2) is 0 Å². The molecule has 0 heteroatoms. The molecule has 0 aromatic rings. The Morgan fingerprint density at radius 1 is 1.27 bits per heavy atom. The van der Waals surface area contributed by atoms with Crippen molar-refractivity contribution in [3.63, 3.8) is 0 Å². The maximum atomic E-state index is 3.36. The predicted molar refractivity (Wildman–Crippen MR) is 70.9 cm³/mol. The molecular formula is C15H26. The number of hydrogen-bond donors (Lipinski definition) is 0. The van der Waals surface area contributed by atoms with Gasteiger partial charge in [0.1, 0.15) is 0 Å². The van der Waals surface area contributed by atoms with Crippen LogP contribution in [0.25, 0.3) is 0 Å². The van der Waals surface area contributed by atoms with Gasteiger partial charge in [-0.3, -0.25) is 0 Å². The van der Waals surface area contributed by atoms with Gasteiger partial charge in [-0.25, -0.2) is 0 Å². The van der Waals surface area contributed by atoms with Gasteiger partial charge in [0.05, 0.1) is 0 Å². The molecule has 0 nitrogen and oxygen atoms in total. The molecule has 0 heterocycles. The molecule has 0 aromatic heterocycles. The van der Waals surface area contributed by atoms with Crippen LogP contribution < -0.4 is 0 Å². The third-order valence-corrected chi connectivity index (χ3v) is 4.07. The lowest BCUT2D eigenvalue weighted by Gasteiger charge is -2.33. The SMILES string of the molecule is C=C.C=CC.CC12C=CC(CC1)C2(C)C. The molecule has 1 saturated carbocycles. The molecule has 0 amide bonds. The Balaban J connectivity index is 0.000000342. The highest BCUT2D eigenvalue weighted by Gasteiger charge is 2.52. The second-order valence-electron chi connectivity index (χ2n) is 5.05. The van der Waals surface area contributed by atoms with Gasteiger partial charge < -0.3 is 0 Å². The Labute approximate surface area is 95.8 Å². The molecular weight excluding hydrogens is 180 g/mol. The molecule has 2 aliphatic rings. The third kappa shape index (κ3) is 2.42. The van der Waals surface area contributed by atoms with E-state index in [-0.39, 0.29) is 0 Å². The molecule has 2 aliphatic carbocycles. The van der Waals surface area contributed by atoms with Gasteiger partial charge in [-0.2, -0.15) is 0 Å². The minimum atomic E-state index is 0.525. The molecule has 0 aliphatic heterocycles. The van der Waals surface area contributed by atoms with E-state index in [1.165, 1.54) is 12.8 Å². The van der Waals surface area contributed by atoms with Crippen molar-refractivity contribution >= 4 is 0 Å². The first-order chi connectivity index (χ1) is 6.98. The van der Waals surface area contributed by atoms with Crippen LogP contribution in [0.15, 0.2) is 38.0 Å². The molecule has 2 atom stereocenters. The van der Waals surface area contributed by atoms with Crippen LogP contribution in [0.2, 0.25) is 0 Å². The zero-order valence-corrected chi connectivity index (χ0v) is 10.8. The fourth-order valence-corrected chi connectivity index (χ4v) is 2.53. The fraction of sp³-hybridized carbons (Fsp3) is 0.600. The maximum Gasteiger partial charge on any atom is -0.00895 e. The summed E-state index contributed by atoms with van der Waals surface area (Å²) in [5, 5.41) is 0. The van der Waals surface area contributed by atoms with Crippen molar-refractivity contribution < 1.29 is 0 Å². The van der Waals surface area contributed by atoms with Crippen LogP contribution in [-0.2, 0) is 0 Å². The smallest absolute Gasteiger partial charge is 0.00895 e. The van der Waals surface area contributed by atoms with Gasteiger partial charge in [0, 0.05) is 0 Å². The van der Waals surface area contributed by atoms with E-state index >= 15 is 0 Å². The highest BCUT2D eigenvalue weighted by atomic mass is 14.6. The average Bonchev–Trinajstić information content (AvgIpc) is 2.55. The fourth-order valence-electron chi connectivity index (χ4n) is 2.53. The minimum Gasteiger partial charge on any atom is -0.106 e. The Hall–Kier alpha value is -0.780. The molecule has 0 radical (unpaired) electrons. The van der Waals surface area contributed by atoms with E-state index in [1.54, 1.807) is 6.08 Å². The lowest BCUT2D eigenvalue weighted by molar-refractivity contribution is 0.182. The van der Waals surface area contributed by atoms with Crippen molar-refractivity contribution in [2.45, 2.75) is 40.5 Å². The van der Waals surface area contributed by atoms with Gasteiger partial charge in [-0.15, -0.1) is 19.7 Å². The second kappa shape index (κ2) is 5.34. The van der Waals surface area contributed by atoms with Crippen LogP contribution in [0.1, 0.15) is 40.5 Å². The molecule has 2 unspecified atom stereocenters. The van der Waals surface area contributed by atoms with Gasteiger partial charge in [-0.05, 0) is 36.5 Å². The van der Waals surface area contributed by atoms with Crippen LogP contribution in [-0.4, -0.2) is 0 Å². The summed E-state index contributed by atoms with van der Waals surface area (Å²) < 4.78 is 0. The summed E-state index contributed by atoms with van der Waals surface area (Å²) in [6, 6.07) is 0. The zero-order valence-electron chi connectivity index (χ0n) is 10.8. The van der Waals surface area contributed by atoms with Gasteiger partial charge in [0.2, 0.25) is 0 Å². The summed E-state index contributed by atoms with van der Waals surface area (Å²) in [7, 11) is 0. The van der Waals surface area contributed by atoms with Crippen LogP contribution in [0.4, 0.5) is 0 Å². The van der Waals surface area contributed by atoms with Crippen LogP contribution in [0.3, 0.4) is 0 Å². The number of fused-ring (bicyclic) bond motifs is 2. The predicted octanol–water partition coefficient (Wildman–Crippen LogP) is 4.99. The lowest BCUT2D eigenvalue weighted by Crippen LogP contribution is -2.27. The van der Waals surface area contributed by atoms with Crippen molar-refractivity contribution in [1.82, 2.24) is 0 Å². The first-order valence-electron chi connectivity index (χ1n) is 5.74. The van der Waals surface area contributed by atoms with Gasteiger partial charge >= 0.3 is 0 Å². The lowest BCUT2D eigenvalue weighted by atomic mass is 9.71. The van der Waals surface area contributed by atoms with Crippen molar-refractivity contribution in [2.24, 2.45) is 16.7 Å². The Morgan fingerprint density at radius 3 is 1.80 bits per heavy atom. The summed E-state index contributed by atoms with van der Waals surface area (Å²) >= 11 is 0. The quantitative estimate of drug-likeness (QED) is 0.490. The standard InChI is InChI=1S/C10H16.C3H6.C2H4/c1-9(2)8-4-6-10(9,3)7-5-8;1-3-2;1-2/h4,6,8H,5,7H2,1-3H3;3H,1H2,2H3;1-2H2. The monoisotopic (exact) mass is 206 g/mol. The summed E-state index contributed by atoms with van der Waals surface area (Å²) in [6.45, 7) is 18.5. The number of rotatable bonds is 0. The van der Waals surface area contributed by atoms with E-state index < -0.39 is 0 Å². The highest BCUT2D eigenvalue weighted by molar-refractivity contribution is 5.22. The third-order valence-electron chi connectivity index (χ3n) is 4.07. The van der Waals surface area contributed by atoms with E-state index in [0.29, 0.717) is 10.8 Å². The highest BCUT2D eigenvalue weighted by Crippen LogP contribution is 2.61. The van der Waals surface area contributed by atoms with Crippen molar-refractivity contribution in [2.75, 3.05) is 0 Å². The first-order valence-corrected chi connectivity index (χ1v) is 5.74. The van der Waals surface area contributed by atoms with E-state index in [9.17, 15) is 0 Å². The van der Waals surface area contributed by atoms with E-state index in [0.717, 1.165) is 5.92 Å². The first kappa shape index (κ1) is 14.2. The summed E-state index contributed by atoms with van der Waals surface area (Å²) in [6.07, 6.45) is 9.42. The number of allylic oxidation sites excluding steroid dienone is 3. The molecule has 0 N–H and O–H groups in total. The topological polar surface area (TPSA) is 0 Å². The van der Waals surface area contributed by atoms with Crippen LogP contribution >= 0.6 is 0 Å². The molecule has 0 spiro atoms. The summed E-state index contributed by atoms with van der Waals surface area (Å²) in [4.78, 5) is 0. The molecule has 15 heavy (non-hydrogen) atoms. The molecule has 0 saturated heterocycles. The summed E-state index contributed by atoms with van der Waals surface area (Å²) in [5.74, 6) is 0.873. The summed E-state index contributed by atoms with van der Waals surface area (Å²) in [5.41, 5.74) is 1.07. The van der Waals surface area contributed by atoms with Crippen LogP contribution in [0.5, 0.6) is 0 Å². The molecule has 86 valence electrons. The maximum absolute atomic E-state index is 3.36. The molecule has 0 aromatic carbocycles. The minimum absolute atomic E-state index is 0.525. The second-order valence-corrected chi connectivity index (χ2v) is 5.05. The van der Waals surface area contributed by atoms with Crippen molar-refractivity contribution in [3.8, 4) is 0 Å². The largest absolute Gasteiger partial charge is 0.106 e. The van der Waals surface area contributed by atoms with E-state index in [1.807, 2.05) is 6.92 Å². The Morgan fingerprint density at radius 2 is 1.73 bits per heavy atom. The Bertz CT molecular complexity index is 234. The van der Waals surface area contributed by atoms with E-state index in [2.05, 4.69) is 52.7 Å². The average molecular weight is 206 g/mol. The molecule has 1 fully saturated rings. The molecule has 2 bridgehead atoms. The normalized spacial score (nSPS) is 33.5. The van der Waals surface area contributed by atoms with Crippen molar-refractivity contribution in [3.05, 3.63) is 38.0 Å². The van der Waals surface area contributed by atoms with Gasteiger partial charge in [-0.1, -0.05) is 39.0 Å². The van der Waals surface area contributed by atoms with Crippen molar-refractivity contribution in [1.29, 1.82) is 0 Å². The Kier molecular flexibility index (Phi) is 5.07.